The van der Waals surface area contributed by atoms with Gasteiger partial charge in [0.1, 0.15) is 34.3 Å². The van der Waals surface area contributed by atoms with Crippen molar-refractivity contribution in [2.45, 2.75) is 6.17 Å². The van der Waals surface area contributed by atoms with Crippen LogP contribution in [0.1, 0.15) is 22.9 Å². The van der Waals surface area contributed by atoms with Gasteiger partial charge in [0, 0.05) is 56.0 Å². The van der Waals surface area contributed by atoms with E-state index in [1.165, 1.54) is 0 Å². The summed E-state index contributed by atoms with van der Waals surface area (Å²) in [5.41, 5.74) is 6.23. The predicted octanol–water partition coefficient (Wildman–Crippen LogP) is 8.53. The van der Waals surface area contributed by atoms with Crippen LogP contribution in [0, 0.1) is 0 Å². The Morgan fingerprint density at radius 1 is 0.619 bits per heavy atom. The maximum Gasteiger partial charge on any atom is 0.159 e. The van der Waals surface area contributed by atoms with E-state index in [0.717, 1.165) is 77.2 Å². The van der Waals surface area contributed by atoms with E-state index >= 15 is 0 Å². The molecule has 0 saturated heterocycles. The Morgan fingerprint density at radius 2 is 1.43 bits per heavy atom. The molecule has 0 aliphatic carbocycles. The Balaban J connectivity index is 1.23. The van der Waals surface area contributed by atoms with Crippen molar-refractivity contribution in [2.75, 3.05) is 0 Å². The second-order valence-electron chi connectivity index (χ2n) is 10.5. The van der Waals surface area contributed by atoms with E-state index in [1.54, 1.807) is 6.20 Å². The lowest BCUT2D eigenvalue weighted by Crippen LogP contribution is -2.33. The average Bonchev–Trinajstić information content (AvgIpc) is 3.61. The SMILES string of the molecule is c1ccc(C2=NC(c3ccc4c(c3)oc3ccccc34)NC(c3cccc4oc5cc6ccncc6cc5c34)=N2)cc1. The normalized spacial score (nSPS) is 15.4. The molecule has 4 heterocycles. The Bertz CT molecular complexity index is 2400. The Kier molecular flexibility index (Phi) is 4.86. The molecule has 1 unspecified atom stereocenters. The van der Waals surface area contributed by atoms with Gasteiger partial charge in [-0.25, -0.2) is 9.98 Å². The minimum atomic E-state index is -0.372. The minimum Gasteiger partial charge on any atom is -0.456 e. The average molecular weight is 543 g/mol. The van der Waals surface area contributed by atoms with Gasteiger partial charge in [-0.05, 0) is 41.8 Å². The zero-order chi connectivity index (χ0) is 27.6. The van der Waals surface area contributed by atoms with Crippen molar-refractivity contribution in [2.24, 2.45) is 9.98 Å². The molecule has 0 bridgehead atoms. The van der Waals surface area contributed by atoms with Crippen molar-refractivity contribution >= 4 is 66.3 Å². The van der Waals surface area contributed by atoms with Crippen molar-refractivity contribution < 1.29 is 8.83 Å². The highest BCUT2D eigenvalue weighted by molar-refractivity contribution is 6.22. The van der Waals surface area contributed by atoms with Crippen molar-refractivity contribution in [1.82, 2.24) is 10.3 Å². The molecule has 1 aliphatic rings. The van der Waals surface area contributed by atoms with Crippen LogP contribution in [0.25, 0.3) is 54.6 Å². The standard InChI is InChI=1S/C36H22N4O2/c1-2-7-21(8-3-1)34-38-35(23-13-14-26-25-9-4-5-11-29(25)41-31(26)19-23)40-36(39-34)27-10-6-12-30-33(27)28-17-24-20-37-16-15-22(24)18-32(28)42-30/h1-20,35H,(H,38,39,40). The molecule has 198 valence electrons. The lowest BCUT2D eigenvalue weighted by Gasteiger charge is -2.24. The molecule has 6 nitrogen and oxygen atoms in total. The van der Waals surface area contributed by atoms with Gasteiger partial charge in [0.05, 0.1) is 0 Å². The molecule has 5 aromatic carbocycles. The molecule has 0 amide bonds. The van der Waals surface area contributed by atoms with Crippen LogP contribution in [0.3, 0.4) is 0 Å². The molecule has 1 N–H and O–H groups in total. The number of nitrogens with zero attached hydrogens (tertiary/aromatic N) is 3. The van der Waals surface area contributed by atoms with E-state index in [4.69, 9.17) is 18.8 Å². The fraction of sp³-hybridized carbons (Fsp3) is 0.0278. The summed E-state index contributed by atoms with van der Waals surface area (Å²) in [7, 11) is 0. The van der Waals surface area contributed by atoms with Crippen LogP contribution in [0.2, 0.25) is 0 Å². The maximum atomic E-state index is 6.35. The molecule has 0 fully saturated rings. The maximum absolute atomic E-state index is 6.35. The first kappa shape index (κ1) is 23.0. The third-order valence-electron chi connectivity index (χ3n) is 8.00. The molecule has 0 spiro atoms. The van der Waals surface area contributed by atoms with Gasteiger partial charge in [0.25, 0.3) is 0 Å². The van der Waals surface area contributed by atoms with Crippen LogP contribution in [0.4, 0.5) is 0 Å². The predicted molar refractivity (Wildman–Crippen MR) is 168 cm³/mol. The molecule has 1 aliphatic heterocycles. The van der Waals surface area contributed by atoms with Gasteiger partial charge in [0.2, 0.25) is 0 Å². The molecule has 42 heavy (non-hydrogen) atoms. The van der Waals surface area contributed by atoms with Crippen LogP contribution < -0.4 is 5.32 Å². The fourth-order valence-corrected chi connectivity index (χ4v) is 5.99. The number of amidine groups is 2. The number of benzene rings is 5. The highest BCUT2D eigenvalue weighted by Gasteiger charge is 2.24. The van der Waals surface area contributed by atoms with Crippen LogP contribution in [0.5, 0.6) is 0 Å². The first-order valence-corrected chi connectivity index (χ1v) is 13.9. The fourth-order valence-electron chi connectivity index (χ4n) is 5.99. The lowest BCUT2D eigenvalue weighted by atomic mass is 10.0. The van der Waals surface area contributed by atoms with Gasteiger partial charge in [-0.15, -0.1) is 0 Å². The van der Waals surface area contributed by atoms with E-state index in [0.29, 0.717) is 5.84 Å². The molecule has 6 heteroatoms. The zero-order valence-corrected chi connectivity index (χ0v) is 22.3. The number of nitrogens with one attached hydrogen (secondary N) is 1. The number of aromatic nitrogens is 1. The van der Waals surface area contributed by atoms with Crippen molar-refractivity contribution in [3.05, 3.63) is 138 Å². The Morgan fingerprint density at radius 3 is 2.38 bits per heavy atom. The van der Waals surface area contributed by atoms with E-state index in [9.17, 15) is 0 Å². The molecule has 8 aromatic rings. The summed E-state index contributed by atoms with van der Waals surface area (Å²) in [4.78, 5) is 14.5. The number of furan rings is 2. The van der Waals surface area contributed by atoms with Gasteiger partial charge in [0.15, 0.2) is 5.84 Å². The highest BCUT2D eigenvalue weighted by Crippen LogP contribution is 2.36. The molecule has 0 saturated carbocycles. The van der Waals surface area contributed by atoms with Crippen LogP contribution in [-0.4, -0.2) is 16.7 Å². The largest absolute Gasteiger partial charge is 0.456 e. The molecular formula is C36H22N4O2. The van der Waals surface area contributed by atoms with Crippen molar-refractivity contribution in [3.63, 3.8) is 0 Å². The third-order valence-corrected chi connectivity index (χ3v) is 8.00. The number of rotatable bonds is 3. The van der Waals surface area contributed by atoms with Crippen LogP contribution in [0.15, 0.2) is 140 Å². The smallest absolute Gasteiger partial charge is 0.159 e. The number of pyridine rings is 1. The molecule has 9 rings (SSSR count). The first-order chi connectivity index (χ1) is 20.8. The number of aliphatic imine (C=N–C) groups is 2. The van der Waals surface area contributed by atoms with Gasteiger partial charge >= 0.3 is 0 Å². The topological polar surface area (TPSA) is 75.9 Å². The van der Waals surface area contributed by atoms with Gasteiger partial charge in [-0.1, -0.05) is 72.8 Å². The number of fused-ring (bicyclic) bond motifs is 7. The molecular weight excluding hydrogens is 520 g/mol. The van der Waals surface area contributed by atoms with Crippen LogP contribution >= 0.6 is 0 Å². The monoisotopic (exact) mass is 542 g/mol. The Labute approximate surface area is 239 Å². The lowest BCUT2D eigenvalue weighted by molar-refractivity contribution is 0.655. The number of hydrogen-bond acceptors (Lipinski definition) is 6. The second-order valence-corrected chi connectivity index (χ2v) is 10.5. The second kappa shape index (κ2) is 8.88. The van der Waals surface area contributed by atoms with Gasteiger partial charge in [-0.2, -0.15) is 0 Å². The molecule has 3 aromatic heterocycles. The van der Waals surface area contributed by atoms with Gasteiger partial charge in [-0.3, -0.25) is 4.98 Å². The summed E-state index contributed by atoms with van der Waals surface area (Å²) in [6.07, 6.45) is 3.32. The summed E-state index contributed by atoms with van der Waals surface area (Å²) >= 11 is 0. The summed E-state index contributed by atoms with van der Waals surface area (Å²) in [5, 5.41) is 10.0. The minimum absolute atomic E-state index is 0.372. The van der Waals surface area contributed by atoms with E-state index < -0.39 is 0 Å². The summed E-state index contributed by atoms with van der Waals surface area (Å²) < 4.78 is 12.6. The summed E-state index contributed by atoms with van der Waals surface area (Å²) in [5.74, 6) is 1.40. The summed E-state index contributed by atoms with van der Waals surface area (Å²) in [6.45, 7) is 0. The zero-order valence-electron chi connectivity index (χ0n) is 22.3. The molecule has 0 radical (unpaired) electrons. The Hall–Kier alpha value is -5.75. The van der Waals surface area contributed by atoms with Crippen LogP contribution in [-0.2, 0) is 0 Å². The van der Waals surface area contributed by atoms with E-state index in [1.807, 2.05) is 72.9 Å². The van der Waals surface area contributed by atoms with E-state index in [2.05, 4.69) is 52.8 Å². The molecule has 1 atom stereocenters. The summed E-state index contributed by atoms with van der Waals surface area (Å²) in [6, 6.07) is 36.8. The number of hydrogen-bond donors (Lipinski definition) is 1. The highest BCUT2D eigenvalue weighted by atomic mass is 16.3. The quantitative estimate of drug-likeness (QED) is 0.243. The first-order valence-electron chi connectivity index (χ1n) is 13.9. The van der Waals surface area contributed by atoms with Gasteiger partial charge < -0.3 is 14.2 Å². The third kappa shape index (κ3) is 3.55. The van der Waals surface area contributed by atoms with Crippen molar-refractivity contribution in [3.8, 4) is 0 Å². The van der Waals surface area contributed by atoms with Crippen molar-refractivity contribution in [1.29, 1.82) is 0 Å². The number of para-hydroxylation sites is 1. The van der Waals surface area contributed by atoms with E-state index in [-0.39, 0.29) is 6.17 Å².